The minimum Gasteiger partial charge on any atom is -0.340 e. The molecule has 3 nitrogen and oxygen atoms in total. The van der Waals surface area contributed by atoms with Crippen LogP contribution in [0.5, 0.6) is 0 Å². The molecule has 1 aromatic carbocycles. The maximum absolute atomic E-state index is 12.7. The summed E-state index contributed by atoms with van der Waals surface area (Å²) in [6, 6.07) is 5.01. The maximum Gasteiger partial charge on any atom is 0.416 e. The molecule has 6 heteroatoms. The summed E-state index contributed by atoms with van der Waals surface area (Å²) in [7, 11) is 0. The number of hydrogen-bond donors (Lipinski definition) is 0. The van der Waals surface area contributed by atoms with Gasteiger partial charge in [-0.1, -0.05) is 32.0 Å². The van der Waals surface area contributed by atoms with Gasteiger partial charge in [-0.25, -0.2) is 0 Å². The van der Waals surface area contributed by atoms with Crippen molar-refractivity contribution in [1.29, 1.82) is 0 Å². The van der Waals surface area contributed by atoms with E-state index in [1.165, 1.54) is 6.07 Å². The van der Waals surface area contributed by atoms with Gasteiger partial charge in [0.1, 0.15) is 0 Å². The maximum atomic E-state index is 12.7. The fourth-order valence-corrected chi connectivity index (χ4v) is 2.84. The summed E-state index contributed by atoms with van der Waals surface area (Å²) < 4.78 is 38.1. The van der Waals surface area contributed by atoms with Gasteiger partial charge in [0.25, 0.3) is 0 Å². The van der Waals surface area contributed by atoms with E-state index in [0.717, 1.165) is 31.8 Å². The van der Waals surface area contributed by atoms with Crippen LogP contribution in [0.25, 0.3) is 0 Å². The van der Waals surface area contributed by atoms with E-state index < -0.39 is 11.7 Å². The highest BCUT2D eigenvalue weighted by Crippen LogP contribution is 2.29. The molecule has 1 amide bonds. The number of alkyl halides is 3. The number of carbonyl (C=O) groups is 1. The molecule has 0 N–H and O–H groups in total. The second-order valence-corrected chi connectivity index (χ2v) is 6.45. The molecule has 1 heterocycles. The van der Waals surface area contributed by atoms with Gasteiger partial charge in [-0.05, 0) is 17.5 Å². The zero-order valence-electron chi connectivity index (χ0n) is 13.6. The molecule has 0 bridgehead atoms. The Kier molecular flexibility index (Phi) is 5.68. The van der Waals surface area contributed by atoms with Crippen molar-refractivity contribution in [2.24, 2.45) is 5.92 Å². The Labute approximate surface area is 135 Å². The van der Waals surface area contributed by atoms with Gasteiger partial charge in [0.2, 0.25) is 5.91 Å². The molecule has 0 spiro atoms. The van der Waals surface area contributed by atoms with Crippen LogP contribution in [0.4, 0.5) is 13.2 Å². The van der Waals surface area contributed by atoms with Crippen LogP contribution in [0.15, 0.2) is 24.3 Å². The average Bonchev–Trinajstić information content (AvgIpc) is 2.46. The lowest BCUT2D eigenvalue weighted by Gasteiger charge is -2.35. The molecule has 0 unspecified atom stereocenters. The van der Waals surface area contributed by atoms with Crippen molar-refractivity contribution in [3.05, 3.63) is 35.4 Å². The van der Waals surface area contributed by atoms with E-state index in [9.17, 15) is 18.0 Å². The zero-order valence-corrected chi connectivity index (χ0v) is 13.6. The fourth-order valence-electron chi connectivity index (χ4n) is 2.84. The Hall–Kier alpha value is -1.56. The van der Waals surface area contributed by atoms with Crippen molar-refractivity contribution >= 4 is 5.91 Å². The molecule has 2 rings (SSSR count). The highest BCUT2D eigenvalue weighted by molar-refractivity contribution is 5.79. The minimum absolute atomic E-state index is 0.0219. The molecule has 0 aliphatic carbocycles. The second kappa shape index (κ2) is 7.34. The summed E-state index contributed by atoms with van der Waals surface area (Å²) >= 11 is 0. The third-order valence-corrected chi connectivity index (χ3v) is 3.96. The number of amides is 1. The van der Waals surface area contributed by atoms with Crippen LogP contribution in [0.2, 0.25) is 0 Å². The number of nitrogens with zero attached hydrogens (tertiary/aromatic N) is 2. The number of piperazine rings is 1. The van der Waals surface area contributed by atoms with E-state index in [0.29, 0.717) is 24.6 Å². The third-order valence-electron chi connectivity index (χ3n) is 3.96. The first-order valence-electron chi connectivity index (χ1n) is 7.92. The highest BCUT2D eigenvalue weighted by atomic mass is 19.4. The lowest BCUT2D eigenvalue weighted by Crippen LogP contribution is -2.49. The van der Waals surface area contributed by atoms with Gasteiger partial charge in [0, 0.05) is 32.7 Å². The van der Waals surface area contributed by atoms with Gasteiger partial charge in [0.05, 0.1) is 12.0 Å². The van der Waals surface area contributed by atoms with Crippen LogP contribution < -0.4 is 0 Å². The van der Waals surface area contributed by atoms with Crippen molar-refractivity contribution < 1.29 is 18.0 Å². The standard InChI is InChI=1S/C17H23F3N2O/c1-13(2)12-21-6-8-22(9-7-21)16(23)11-14-4-3-5-15(10-14)17(18,19)20/h3-5,10,13H,6-9,11-12H2,1-2H3. The first-order chi connectivity index (χ1) is 10.8. The smallest absolute Gasteiger partial charge is 0.340 e. The van der Waals surface area contributed by atoms with E-state index in [1.54, 1.807) is 11.0 Å². The quantitative estimate of drug-likeness (QED) is 0.848. The number of hydrogen-bond acceptors (Lipinski definition) is 2. The lowest BCUT2D eigenvalue weighted by atomic mass is 10.1. The fraction of sp³-hybridized carbons (Fsp3) is 0.588. The minimum atomic E-state index is -4.37. The van der Waals surface area contributed by atoms with E-state index >= 15 is 0 Å². The van der Waals surface area contributed by atoms with Crippen LogP contribution in [-0.4, -0.2) is 48.4 Å². The largest absolute Gasteiger partial charge is 0.416 e. The number of rotatable bonds is 4. The van der Waals surface area contributed by atoms with Gasteiger partial charge < -0.3 is 4.90 Å². The first kappa shape index (κ1) is 17.8. The summed E-state index contributed by atoms with van der Waals surface area (Å²) in [6.45, 7) is 8.26. The molecule has 0 atom stereocenters. The average molecular weight is 328 g/mol. The van der Waals surface area contributed by atoms with Gasteiger partial charge >= 0.3 is 6.18 Å². The lowest BCUT2D eigenvalue weighted by molar-refractivity contribution is -0.138. The van der Waals surface area contributed by atoms with Crippen LogP contribution in [0.1, 0.15) is 25.0 Å². The normalized spacial score (nSPS) is 16.9. The Morgan fingerprint density at radius 2 is 1.83 bits per heavy atom. The number of halogens is 3. The van der Waals surface area contributed by atoms with Crippen LogP contribution >= 0.6 is 0 Å². The summed E-state index contributed by atoms with van der Waals surface area (Å²) in [6.07, 6.45) is -4.35. The molecule has 1 aliphatic rings. The zero-order chi connectivity index (χ0) is 17.0. The van der Waals surface area contributed by atoms with Gasteiger partial charge in [-0.2, -0.15) is 13.2 Å². The van der Waals surface area contributed by atoms with E-state index in [-0.39, 0.29) is 12.3 Å². The predicted molar refractivity (Wildman–Crippen MR) is 83.0 cm³/mol. The van der Waals surface area contributed by atoms with Gasteiger partial charge in [0.15, 0.2) is 0 Å². The molecule has 1 fully saturated rings. The van der Waals surface area contributed by atoms with Crippen molar-refractivity contribution in [3.63, 3.8) is 0 Å². The molecule has 23 heavy (non-hydrogen) atoms. The van der Waals surface area contributed by atoms with Crippen molar-refractivity contribution in [1.82, 2.24) is 9.80 Å². The Morgan fingerprint density at radius 3 is 2.39 bits per heavy atom. The van der Waals surface area contributed by atoms with E-state index in [4.69, 9.17) is 0 Å². The molecule has 0 saturated carbocycles. The molecule has 1 aliphatic heterocycles. The highest BCUT2D eigenvalue weighted by Gasteiger charge is 2.30. The van der Waals surface area contributed by atoms with Crippen molar-refractivity contribution in [3.8, 4) is 0 Å². The molecule has 0 aromatic heterocycles. The van der Waals surface area contributed by atoms with Crippen molar-refractivity contribution in [2.45, 2.75) is 26.4 Å². The van der Waals surface area contributed by atoms with Crippen LogP contribution in [-0.2, 0) is 17.4 Å². The summed E-state index contributed by atoms with van der Waals surface area (Å²) in [5.41, 5.74) is -0.293. The Bertz CT molecular complexity index is 535. The van der Waals surface area contributed by atoms with E-state index in [1.807, 2.05) is 0 Å². The molecule has 1 saturated heterocycles. The van der Waals surface area contributed by atoms with Gasteiger partial charge in [-0.15, -0.1) is 0 Å². The molecular weight excluding hydrogens is 305 g/mol. The monoisotopic (exact) mass is 328 g/mol. The second-order valence-electron chi connectivity index (χ2n) is 6.45. The molecule has 1 aromatic rings. The Balaban J connectivity index is 1.91. The number of benzene rings is 1. The van der Waals surface area contributed by atoms with E-state index in [2.05, 4.69) is 18.7 Å². The third kappa shape index (κ3) is 5.23. The molecule has 0 radical (unpaired) electrons. The summed E-state index contributed by atoms with van der Waals surface area (Å²) in [5.74, 6) is 0.482. The number of carbonyl (C=O) groups excluding carboxylic acids is 1. The SMILES string of the molecule is CC(C)CN1CCN(C(=O)Cc2cccc(C(F)(F)F)c2)CC1. The van der Waals surface area contributed by atoms with Gasteiger partial charge in [-0.3, -0.25) is 9.69 Å². The van der Waals surface area contributed by atoms with Crippen LogP contribution in [0.3, 0.4) is 0 Å². The topological polar surface area (TPSA) is 23.6 Å². The first-order valence-corrected chi connectivity index (χ1v) is 7.92. The Morgan fingerprint density at radius 1 is 1.17 bits per heavy atom. The molecular formula is C17H23F3N2O. The van der Waals surface area contributed by atoms with Crippen molar-refractivity contribution in [2.75, 3.05) is 32.7 Å². The summed E-state index contributed by atoms with van der Waals surface area (Å²) in [5, 5.41) is 0. The molecule has 128 valence electrons. The summed E-state index contributed by atoms with van der Waals surface area (Å²) in [4.78, 5) is 16.3. The predicted octanol–water partition coefficient (Wildman–Crippen LogP) is 3.05. The van der Waals surface area contributed by atoms with Crippen LogP contribution in [0, 0.1) is 5.92 Å².